The number of hydrogen-bond acceptors (Lipinski definition) is 2. The molecule has 0 spiro atoms. The zero-order valence-electron chi connectivity index (χ0n) is 12.5. The van der Waals surface area contributed by atoms with E-state index in [1.807, 2.05) is 54.6 Å². The second-order valence-electron chi connectivity index (χ2n) is 5.13. The number of benzene rings is 3. The summed E-state index contributed by atoms with van der Waals surface area (Å²) in [5.74, 6) is 0. The Labute approximate surface area is 144 Å². The molecule has 0 saturated carbocycles. The molecular weight excluding hydrogens is 350 g/mol. The molecule has 0 aliphatic carbocycles. The van der Waals surface area contributed by atoms with Gasteiger partial charge in [-0.1, -0.05) is 81.7 Å². The topological polar surface area (TPSA) is 21.6 Å². The van der Waals surface area contributed by atoms with Gasteiger partial charge in [0.15, 0.2) is 0 Å². The standard InChI is InChI=1S/C20H16BrNO/c21-20-11-5-6-16(13-20)14-22-23-15-17-7-4-10-19(12-17)18-8-2-1-3-9-18/h1-14H,15H2. The van der Waals surface area contributed by atoms with Crippen LogP contribution in [0.15, 0.2) is 88.5 Å². The fraction of sp³-hybridized carbons (Fsp3) is 0.0500. The van der Waals surface area contributed by atoms with Gasteiger partial charge < -0.3 is 4.84 Å². The highest BCUT2D eigenvalue weighted by Crippen LogP contribution is 2.20. The average molecular weight is 366 g/mol. The molecule has 0 saturated heterocycles. The van der Waals surface area contributed by atoms with Gasteiger partial charge in [-0.05, 0) is 40.5 Å². The molecule has 23 heavy (non-hydrogen) atoms. The van der Waals surface area contributed by atoms with E-state index in [0.29, 0.717) is 6.61 Å². The molecule has 3 aromatic rings. The molecule has 0 unspecified atom stereocenters. The molecule has 0 aliphatic heterocycles. The molecular formula is C20H16BrNO. The monoisotopic (exact) mass is 365 g/mol. The van der Waals surface area contributed by atoms with Crippen molar-refractivity contribution < 1.29 is 4.84 Å². The van der Waals surface area contributed by atoms with Crippen LogP contribution in [0, 0.1) is 0 Å². The van der Waals surface area contributed by atoms with Crippen LogP contribution >= 0.6 is 15.9 Å². The zero-order chi connectivity index (χ0) is 15.9. The summed E-state index contributed by atoms with van der Waals surface area (Å²) in [5.41, 5.74) is 4.48. The molecule has 0 fully saturated rings. The van der Waals surface area contributed by atoms with Crippen LogP contribution in [0.2, 0.25) is 0 Å². The van der Waals surface area contributed by atoms with E-state index in [1.165, 1.54) is 11.1 Å². The van der Waals surface area contributed by atoms with E-state index in [4.69, 9.17) is 4.84 Å². The van der Waals surface area contributed by atoms with Crippen molar-refractivity contribution in [2.45, 2.75) is 6.61 Å². The van der Waals surface area contributed by atoms with Crippen molar-refractivity contribution in [3.8, 4) is 11.1 Å². The number of nitrogens with zero attached hydrogens (tertiary/aromatic N) is 1. The Bertz CT molecular complexity index is 800. The molecule has 0 N–H and O–H groups in total. The second-order valence-corrected chi connectivity index (χ2v) is 6.05. The molecule has 3 aromatic carbocycles. The van der Waals surface area contributed by atoms with Gasteiger partial charge in [-0.15, -0.1) is 0 Å². The third kappa shape index (κ3) is 4.54. The molecule has 0 aromatic heterocycles. The van der Waals surface area contributed by atoms with Gasteiger partial charge in [0, 0.05) is 4.47 Å². The third-order valence-corrected chi connectivity index (χ3v) is 3.88. The van der Waals surface area contributed by atoms with Crippen molar-refractivity contribution in [2.75, 3.05) is 0 Å². The number of hydrogen-bond donors (Lipinski definition) is 0. The summed E-state index contributed by atoms with van der Waals surface area (Å²) in [6.45, 7) is 0.450. The van der Waals surface area contributed by atoms with E-state index in [1.54, 1.807) is 6.21 Å². The lowest BCUT2D eigenvalue weighted by atomic mass is 10.0. The van der Waals surface area contributed by atoms with Gasteiger partial charge in [-0.2, -0.15) is 0 Å². The summed E-state index contributed by atoms with van der Waals surface area (Å²) < 4.78 is 1.03. The smallest absolute Gasteiger partial charge is 0.142 e. The highest BCUT2D eigenvalue weighted by atomic mass is 79.9. The van der Waals surface area contributed by atoms with Gasteiger partial charge in [0.25, 0.3) is 0 Å². The average Bonchev–Trinajstić information content (AvgIpc) is 2.60. The first-order chi connectivity index (χ1) is 11.3. The maximum atomic E-state index is 5.41. The first kappa shape index (κ1) is 15.5. The molecule has 0 radical (unpaired) electrons. The molecule has 0 bridgehead atoms. The van der Waals surface area contributed by atoms with Crippen LogP contribution in [-0.4, -0.2) is 6.21 Å². The number of halogens is 1. The summed E-state index contributed by atoms with van der Waals surface area (Å²) in [4.78, 5) is 5.41. The molecule has 0 amide bonds. The fourth-order valence-corrected chi connectivity index (χ4v) is 2.69. The Morgan fingerprint density at radius 3 is 2.43 bits per heavy atom. The van der Waals surface area contributed by atoms with E-state index in [-0.39, 0.29) is 0 Å². The quantitative estimate of drug-likeness (QED) is 0.421. The largest absolute Gasteiger partial charge is 0.391 e. The highest BCUT2D eigenvalue weighted by molar-refractivity contribution is 9.10. The second kappa shape index (κ2) is 7.75. The van der Waals surface area contributed by atoms with E-state index >= 15 is 0 Å². The number of rotatable bonds is 5. The lowest BCUT2D eigenvalue weighted by Gasteiger charge is -2.05. The molecule has 114 valence electrons. The first-order valence-corrected chi connectivity index (χ1v) is 8.16. The minimum absolute atomic E-state index is 0.450. The summed E-state index contributed by atoms with van der Waals surface area (Å²) in [7, 11) is 0. The highest BCUT2D eigenvalue weighted by Gasteiger charge is 1.99. The van der Waals surface area contributed by atoms with Crippen LogP contribution < -0.4 is 0 Å². The first-order valence-electron chi connectivity index (χ1n) is 7.36. The predicted octanol–water partition coefficient (Wildman–Crippen LogP) is 5.67. The van der Waals surface area contributed by atoms with Crippen LogP contribution in [0.5, 0.6) is 0 Å². The molecule has 0 aliphatic rings. The van der Waals surface area contributed by atoms with Crippen molar-refractivity contribution in [2.24, 2.45) is 5.16 Å². The lowest BCUT2D eigenvalue weighted by molar-refractivity contribution is 0.132. The van der Waals surface area contributed by atoms with Crippen LogP contribution in [0.4, 0.5) is 0 Å². The fourth-order valence-electron chi connectivity index (χ4n) is 2.27. The van der Waals surface area contributed by atoms with Gasteiger partial charge in [-0.25, -0.2) is 0 Å². The van der Waals surface area contributed by atoms with E-state index < -0.39 is 0 Å². The van der Waals surface area contributed by atoms with Gasteiger partial charge >= 0.3 is 0 Å². The minimum Gasteiger partial charge on any atom is -0.391 e. The van der Waals surface area contributed by atoms with Crippen molar-refractivity contribution in [1.82, 2.24) is 0 Å². The normalized spacial score (nSPS) is 10.8. The summed E-state index contributed by atoms with van der Waals surface area (Å²) in [6.07, 6.45) is 1.71. The van der Waals surface area contributed by atoms with E-state index in [2.05, 4.69) is 45.4 Å². The Morgan fingerprint density at radius 2 is 1.61 bits per heavy atom. The van der Waals surface area contributed by atoms with Crippen molar-refractivity contribution in [1.29, 1.82) is 0 Å². The molecule has 0 heterocycles. The SMILES string of the molecule is Brc1cccc(C=NOCc2cccc(-c3ccccc3)c2)c1. The van der Waals surface area contributed by atoms with Gasteiger partial charge in [0.1, 0.15) is 6.61 Å². The Morgan fingerprint density at radius 1 is 0.826 bits per heavy atom. The zero-order valence-corrected chi connectivity index (χ0v) is 14.1. The van der Waals surface area contributed by atoms with Crippen LogP contribution in [0.1, 0.15) is 11.1 Å². The van der Waals surface area contributed by atoms with Crippen molar-refractivity contribution in [3.63, 3.8) is 0 Å². The predicted molar refractivity (Wildman–Crippen MR) is 98.4 cm³/mol. The van der Waals surface area contributed by atoms with Crippen molar-refractivity contribution in [3.05, 3.63) is 94.5 Å². The van der Waals surface area contributed by atoms with E-state index in [0.717, 1.165) is 15.6 Å². The summed E-state index contributed by atoms with van der Waals surface area (Å²) in [6, 6.07) is 26.5. The Hall–Kier alpha value is -2.39. The van der Waals surface area contributed by atoms with Gasteiger partial charge in [0.05, 0.1) is 6.21 Å². The number of oxime groups is 1. The maximum absolute atomic E-state index is 5.41. The molecule has 2 nitrogen and oxygen atoms in total. The minimum atomic E-state index is 0.450. The van der Waals surface area contributed by atoms with Crippen LogP contribution in [-0.2, 0) is 11.4 Å². The lowest BCUT2D eigenvalue weighted by Crippen LogP contribution is -1.89. The van der Waals surface area contributed by atoms with Crippen LogP contribution in [0.25, 0.3) is 11.1 Å². The van der Waals surface area contributed by atoms with E-state index in [9.17, 15) is 0 Å². The van der Waals surface area contributed by atoms with Gasteiger partial charge in [0.2, 0.25) is 0 Å². The molecule has 3 rings (SSSR count). The van der Waals surface area contributed by atoms with Crippen molar-refractivity contribution >= 4 is 22.1 Å². The summed E-state index contributed by atoms with van der Waals surface area (Å²) in [5, 5.41) is 4.03. The molecule has 3 heteroatoms. The third-order valence-electron chi connectivity index (χ3n) is 3.39. The molecule has 0 atom stereocenters. The van der Waals surface area contributed by atoms with Crippen LogP contribution in [0.3, 0.4) is 0 Å². The Kier molecular flexibility index (Phi) is 5.22. The maximum Gasteiger partial charge on any atom is 0.142 e. The summed E-state index contributed by atoms with van der Waals surface area (Å²) >= 11 is 3.44. The Balaban J connectivity index is 1.63. The van der Waals surface area contributed by atoms with Gasteiger partial charge in [-0.3, -0.25) is 0 Å².